The molecule has 0 fully saturated rings. The number of rotatable bonds is 0. The van der Waals surface area contributed by atoms with E-state index in [1.165, 1.54) is 0 Å². The van der Waals surface area contributed by atoms with Crippen LogP contribution < -0.4 is 0 Å². The molecule has 0 amide bonds. The highest BCUT2D eigenvalue weighted by molar-refractivity contribution is 14.1. The fourth-order valence-corrected chi connectivity index (χ4v) is 2.21. The molecule has 4 heteroatoms. The minimum atomic E-state index is 0.654. The molecule has 44 valence electrons. The minimum absolute atomic E-state index is 0.654. The van der Waals surface area contributed by atoms with Gasteiger partial charge in [0, 0.05) is 5.38 Å². The van der Waals surface area contributed by atoms with Gasteiger partial charge in [-0.15, -0.1) is 11.3 Å². The highest BCUT2D eigenvalue weighted by Crippen LogP contribution is 2.32. The maximum Gasteiger partial charge on any atom is 0.0855 e. The molecule has 1 rings (SSSR count). The van der Waals surface area contributed by atoms with Crippen molar-refractivity contribution in [3.05, 3.63) is 18.3 Å². The lowest BCUT2D eigenvalue weighted by atomic mass is 10.7. The first-order valence-electron chi connectivity index (χ1n) is 1.80. The fourth-order valence-electron chi connectivity index (χ4n) is 0.301. The standard InChI is InChI=1S/C4HCl2IS/c5-2-1-8-4(7)3(2)6/h1H. The molecule has 1 aromatic heterocycles. The highest BCUT2D eigenvalue weighted by Gasteiger charge is 2.02. The van der Waals surface area contributed by atoms with Gasteiger partial charge in [0.2, 0.25) is 0 Å². The van der Waals surface area contributed by atoms with Gasteiger partial charge < -0.3 is 0 Å². The molecule has 0 atom stereocenters. The van der Waals surface area contributed by atoms with E-state index >= 15 is 0 Å². The summed E-state index contributed by atoms with van der Waals surface area (Å²) in [4.78, 5) is 0. The molecule has 0 aliphatic carbocycles. The van der Waals surface area contributed by atoms with E-state index in [2.05, 4.69) is 22.6 Å². The molecule has 0 aromatic carbocycles. The highest BCUT2D eigenvalue weighted by atomic mass is 127. The second-order valence-corrected chi connectivity index (χ2v) is 4.65. The quantitative estimate of drug-likeness (QED) is 0.636. The fraction of sp³-hybridized carbons (Fsp3) is 0. The Morgan fingerprint density at radius 1 is 1.50 bits per heavy atom. The Bertz CT molecular complexity index is 176. The van der Waals surface area contributed by atoms with E-state index in [1.807, 2.05) is 5.38 Å². The summed E-state index contributed by atoms with van der Waals surface area (Å²) >= 11 is 15.0. The first-order chi connectivity index (χ1) is 3.72. The van der Waals surface area contributed by atoms with Gasteiger partial charge in [-0.2, -0.15) is 0 Å². The molecule has 0 bridgehead atoms. The van der Waals surface area contributed by atoms with Gasteiger partial charge in [0.15, 0.2) is 0 Å². The molecule has 0 N–H and O–H groups in total. The molecule has 0 aliphatic rings. The summed E-state index contributed by atoms with van der Waals surface area (Å²) in [5.74, 6) is 0. The van der Waals surface area contributed by atoms with Gasteiger partial charge in [0.05, 0.1) is 12.9 Å². The monoisotopic (exact) mass is 278 g/mol. The molecular formula is C4HCl2IS. The van der Waals surface area contributed by atoms with Gasteiger partial charge in [-0.25, -0.2) is 0 Å². The first kappa shape index (κ1) is 7.12. The Hall–Kier alpha value is 1.01. The number of hydrogen-bond acceptors (Lipinski definition) is 1. The third-order valence-corrected chi connectivity index (χ3v) is 4.06. The van der Waals surface area contributed by atoms with Crippen LogP contribution >= 0.6 is 57.1 Å². The Kier molecular flexibility index (Phi) is 2.43. The van der Waals surface area contributed by atoms with Crippen molar-refractivity contribution in [2.75, 3.05) is 0 Å². The van der Waals surface area contributed by atoms with Gasteiger partial charge in [-0.3, -0.25) is 0 Å². The van der Waals surface area contributed by atoms with Crippen LogP contribution in [0.4, 0.5) is 0 Å². The second-order valence-electron chi connectivity index (χ2n) is 1.17. The minimum Gasteiger partial charge on any atom is -0.135 e. The zero-order valence-corrected chi connectivity index (χ0v) is 8.11. The summed E-state index contributed by atoms with van der Waals surface area (Å²) in [6, 6.07) is 0. The Morgan fingerprint density at radius 2 is 2.12 bits per heavy atom. The summed E-state index contributed by atoms with van der Waals surface area (Å²) in [5.41, 5.74) is 0. The van der Waals surface area contributed by atoms with Crippen LogP contribution in [0.1, 0.15) is 0 Å². The van der Waals surface area contributed by atoms with E-state index in [0.29, 0.717) is 10.0 Å². The molecule has 1 aromatic rings. The molecule has 0 aliphatic heterocycles. The van der Waals surface area contributed by atoms with Gasteiger partial charge in [0.1, 0.15) is 0 Å². The number of thiophene rings is 1. The van der Waals surface area contributed by atoms with Gasteiger partial charge in [-0.05, 0) is 22.6 Å². The smallest absolute Gasteiger partial charge is 0.0855 e. The van der Waals surface area contributed by atoms with Crippen molar-refractivity contribution in [3.63, 3.8) is 0 Å². The van der Waals surface area contributed by atoms with E-state index in [1.54, 1.807) is 11.3 Å². The normalized spacial score (nSPS) is 9.88. The predicted octanol–water partition coefficient (Wildman–Crippen LogP) is 3.66. The van der Waals surface area contributed by atoms with Crippen molar-refractivity contribution in [2.45, 2.75) is 0 Å². The van der Waals surface area contributed by atoms with Crippen LogP contribution in [0.25, 0.3) is 0 Å². The Balaban J connectivity index is 3.19. The van der Waals surface area contributed by atoms with E-state index < -0.39 is 0 Å². The number of halogens is 3. The van der Waals surface area contributed by atoms with E-state index in [9.17, 15) is 0 Å². The zero-order valence-electron chi connectivity index (χ0n) is 3.62. The summed E-state index contributed by atoms with van der Waals surface area (Å²) in [7, 11) is 0. The van der Waals surface area contributed by atoms with Gasteiger partial charge in [0.25, 0.3) is 0 Å². The van der Waals surface area contributed by atoms with Crippen molar-refractivity contribution < 1.29 is 0 Å². The van der Waals surface area contributed by atoms with Crippen LogP contribution in [-0.4, -0.2) is 0 Å². The molecule has 0 saturated heterocycles. The lowest BCUT2D eigenvalue weighted by Crippen LogP contribution is -1.55. The van der Waals surface area contributed by atoms with Crippen molar-refractivity contribution in [2.24, 2.45) is 0 Å². The molecule has 1 heterocycles. The Morgan fingerprint density at radius 3 is 2.25 bits per heavy atom. The zero-order chi connectivity index (χ0) is 6.15. The third kappa shape index (κ3) is 1.29. The molecule has 8 heavy (non-hydrogen) atoms. The van der Waals surface area contributed by atoms with Crippen LogP contribution in [0.3, 0.4) is 0 Å². The van der Waals surface area contributed by atoms with Crippen LogP contribution in [0, 0.1) is 2.88 Å². The molecule has 0 unspecified atom stereocenters. The molecule has 0 radical (unpaired) electrons. The lowest BCUT2D eigenvalue weighted by molar-refractivity contribution is 1.94. The van der Waals surface area contributed by atoms with Gasteiger partial charge in [-0.1, -0.05) is 23.2 Å². The maximum absolute atomic E-state index is 5.66. The Labute approximate surface area is 74.9 Å². The first-order valence-corrected chi connectivity index (χ1v) is 4.51. The molecular weight excluding hydrogens is 278 g/mol. The van der Waals surface area contributed by atoms with Crippen molar-refractivity contribution in [1.82, 2.24) is 0 Å². The predicted molar refractivity (Wildman–Crippen MR) is 47.1 cm³/mol. The third-order valence-electron chi connectivity index (χ3n) is 0.648. The van der Waals surface area contributed by atoms with Crippen molar-refractivity contribution in [1.29, 1.82) is 0 Å². The SMILES string of the molecule is Clc1csc(I)c1Cl. The largest absolute Gasteiger partial charge is 0.135 e. The lowest BCUT2D eigenvalue weighted by Gasteiger charge is -1.79. The van der Waals surface area contributed by atoms with Crippen molar-refractivity contribution in [3.8, 4) is 0 Å². The molecule has 0 saturated carbocycles. The maximum atomic E-state index is 5.66. The summed E-state index contributed by atoms with van der Waals surface area (Å²) in [6.07, 6.45) is 0. The van der Waals surface area contributed by atoms with Crippen LogP contribution in [0.5, 0.6) is 0 Å². The van der Waals surface area contributed by atoms with Crippen LogP contribution in [-0.2, 0) is 0 Å². The molecule has 0 spiro atoms. The summed E-state index contributed by atoms with van der Waals surface area (Å²) in [6.45, 7) is 0. The van der Waals surface area contributed by atoms with Crippen LogP contribution in [0.15, 0.2) is 5.38 Å². The summed E-state index contributed by atoms with van der Waals surface area (Å²) in [5, 5.41) is 3.16. The molecule has 0 nitrogen and oxygen atoms in total. The van der Waals surface area contributed by atoms with E-state index in [-0.39, 0.29) is 0 Å². The van der Waals surface area contributed by atoms with Crippen LogP contribution in [0.2, 0.25) is 10.0 Å². The second kappa shape index (κ2) is 2.73. The van der Waals surface area contributed by atoms with Crippen molar-refractivity contribution >= 4 is 57.1 Å². The number of hydrogen-bond donors (Lipinski definition) is 0. The van der Waals surface area contributed by atoms with E-state index in [0.717, 1.165) is 2.88 Å². The topological polar surface area (TPSA) is 0 Å². The summed E-state index contributed by atoms with van der Waals surface area (Å²) < 4.78 is 1.05. The van der Waals surface area contributed by atoms with E-state index in [4.69, 9.17) is 23.2 Å². The van der Waals surface area contributed by atoms with Gasteiger partial charge >= 0.3 is 0 Å². The average molecular weight is 279 g/mol. The average Bonchev–Trinajstić information content (AvgIpc) is 1.98.